The number of benzene rings is 1. The SMILES string of the molecule is COC(=O)c1ccc(C)c(S(=O)(=O)NC(CN)C2CCCC2)c1. The molecule has 0 saturated heterocycles. The molecule has 6 nitrogen and oxygen atoms in total. The van der Waals surface area contributed by atoms with Crippen LogP contribution in [0, 0.1) is 12.8 Å². The fourth-order valence-corrected chi connectivity index (χ4v) is 4.68. The van der Waals surface area contributed by atoms with Crippen molar-refractivity contribution in [3.8, 4) is 0 Å². The van der Waals surface area contributed by atoms with E-state index < -0.39 is 16.0 Å². The molecular weight excluding hydrogens is 316 g/mol. The van der Waals surface area contributed by atoms with Gasteiger partial charge in [0, 0.05) is 12.6 Å². The van der Waals surface area contributed by atoms with Crippen molar-refractivity contribution >= 4 is 16.0 Å². The molecule has 1 aromatic rings. The van der Waals surface area contributed by atoms with Crippen LogP contribution >= 0.6 is 0 Å². The van der Waals surface area contributed by atoms with Crippen molar-refractivity contribution in [1.82, 2.24) is 4.72 Å². The van der Waals surface area contributed by atoms with E-state index in [1.165, 1.54) is 13.2 Å². The first kappa shape index (κ1) is 17.9. The Balaban J connectivity index is 2.29. The number of rotatable bonds is 6. The third kappa shape index (κ3) is 4.10. The number of methoxy groups -OCH3 is 1. The molecule has 1 aliphatic rings. The predicted molar refractivity (Wildman–Crippen MR) is 87.6 cm³/mol. The maximum Gasteiger partial charge on any atom is 0.337 e. The summed E-state index contributed by atoms with van der Waals surface area (Å²) in [6, 6.07) is 4.24. The lowest BCUT2D eigenvalue weighted by atomic mass is 9.99. The zero-order valence-electron chi connectivity index (χ0n) is 13.5. The highest BCUT2D eigenvalue weighted by Crippen LogP contribution is 2.28. The van der Waals surface area contributed by atoms with E-state index >= 15 is 0 Å². The summed E-state index contributed by atoms with van der Waals surface area (Å²) in [6.45, 7) is 1.96. The Hall–Kier alpha value is -1.44. The van der Waals surface area contributed by atoms with Gasteiger partial charge < -0.3 is 10.5 Å². The van der Waals surface area contributed by atoms with Crippen molar-refractivity contribution in [3.05, 3.63) is 29.3 Å². The highest BCUT2D eigenvalue weighted by Gasteiger charge is 2.29. The van der Waals surface area contributed by atoms with Crippen LogP contribution in [-0.4, -0.2) is 34.1 Å². The summed E-state index contributed by atoms with van der Waals surface area (Å²) in [6.07, 6.45) is 4.20. The second-order valence-corrected chi connectivity index (χ2v) is 7.66. The molecule has 0 aromatic heterocycles. The molecule has 23 heavy (non-hydrogen) atoms. The Labute approximate surface area is 137 Å². The molecule has 0 amide bonds. The zero-order valence-corrected chi connectivity index (χ0v) is 14.4. The maximum atomic E-state index is 12.7. The molecule has 1 atom stereocenters. The third-order valence-corrected chi connectivity index (χ3v) is 6.06. The van der Waals surface area contributed by atoms with Crippen molar-refractivity contribution in [2.45, 2.75) is 43.5 Å². The molecule has 0 spiro atoms. The van der Waals surface area contributed by atoms with Gasteiger partial charge in [-0.05, 0) is 43.4 Å². The molecule has 1 unspecified atom stereocenters. The third-order valence-electron chi connectivity index (χ3n) is 4.43. The zero-order chi connectivity index (χ0) is 17.0. The van der Waals surface area contributed by atoms with Crippen molar-refractivity contribution in [3.63, 3.8) is 0 Å². The number of nitrogens with two attached hydrogens (primary N) is 1. The average Bonchev–Trinajstić information content (AvgIpc) is 3.06. The predicted octanol–water partition coefficient (Wildman–Crippen LogP) is 1.58. The maximum absolute atomic E-state index is 12.7. The molecule has 0 radical (unpaired) electrons. The van der Waals surface area contributed by atoms with E-state index in [9.17, 15) is 13.2 Å². The van der Waals surface area contributed by atoms with E-state index in [-0.39, 0.29) is 29.0 Å². The second kappa shape index (κ2) is 7.42. The Morgan fingerprint density at radius 3 is 2.61 bits per heavy atom. The fourth-order valence-electron chi connectivity index (χ4n) is 3.09. The van der Waals surface area contributed by atoms with Crippen LogP contribution < -0.4 is 10.5 Å². The van der Waals surface area contributed by atoms with E-state index in [2.05, 4.69) is 9.46 Å². The second-order valence-electron chi connectivity index (χ2n) is 5.98. The normalized spacial score (nSPS) is 17.2. The molecule has 2 rings (SSSR count). The standard InChI is InChI=1S/C16H24N2O4S/c1-11-7-8-13(16(19)22-2)9-15(11)23(20,21)18-14(10-17)12-5-3-4-6-12/h7-9,12,14,18H,3-6,10,17H2,1-2H3. The smallest absolute Gasteiger partial charge is 0.337 e. The van der Waals surface area contributed by atoms with E-state index in [0.29, 0.717) is 5.56 Å². The monoisotopic (exact) mass is 340 g/mol. The first-order valence-electron chi connectivity index (χ1n) is 7.80. The van der Waals surface area contributed by atoms with Crippen LogP contribution in [0.15, 0.2) is 23.1 Å². The van der Waals surface area contributed by atoms with Crippen LogP contribution in [0.2, 0.25) is 0 Å². The number of sulfonamides is 1. The molecule has 0 heterocycles. The van der Waals surface area contributed by atoms with E-state index in [1.807, 2.05) is 0 Å². The van der Waals surface area contributed by atoms with Gasteiger partial charge in [0.2, 0.25) is 10.0 Å². The average molecular weight is 340 g/mol. The Morgan fingerprint density at radius 1 is 1.39 bits per heavy atom. The molecule has 1 aliphatic carbocycles. The van der Waals surface area contributed by atoms with Gasteiger partial charge in [0.1, 0.15) is 0 Å². The number of carbonyl (C=O) groups is 1. The summed E-state index contributed by atoms with van der Waals surface area (Å²) >= 11 is 0. The molecule has 0 bridgehead atoms. The van der Waals surface area contributed by atoms with Crippen LogP contribution in [0.5, 0.6) is 0 Å². The van der Waals surface area contributed by atoms with Crippen LogP contribution in [0.4, 0.5) is 0 Å². The van der Waals surface area contributed by atoms with Gasteiger partial charge in [-0.2, -0.15) is 0 Å². The van der Waals surface area contributed by atoms with Gasteiger partial charge in [-0.25, -0.2) is 17.9 Å². The van der Waals surface area contributed by atoms with Gasteiger partial charge in [-0.15, -0.1) is 0 Å². The number of ether oxygens (including phenoxy) is 1. The lowest BCUT2D eigenvalue weighted by molar-refractivity contribution is 0.0600. The summed E-state index contributed by atoms with van der Waals surface area (Å²) in [4.78, 5) is 11.7. The molecule has 128 valence electrons. The number of esters is 1. The van der Waals surface area contributed by atoms with Crippen LogP contribution in [-0.2, 0) is 14.8 Å². The summed E-state index contributed by atoms with van der Waals surface area (Å²) < 4.78 is 32.8. The van der Waals surface area contributed by atoms with Gasteiger partial charge >= 0.3 is 5.97 Å². The summed E-state index contributed by atoms with van der Waals surface area (Å²) in [5, 5.41) is 0. The minimum Gasteiger partial charge on any atom is -0.465 e. The van der Waals surface area contributed by atoms with Gasteiger partial charge in [0.05, 0.1) is 17.6 Å². The lowest BCUT2D eigenvalue weighted by Crippen LogP contribution is -2.44. The summed E-state index contributed by atoms with van der Waals surface area (Å²) in [5.41, 5.74) is 6.56. The van der Waals surface area contributed by atoms with E-state index in [0.717, 1.165) is 25.7 Å². The number of carbonyl (C=O) groups excluding carboxylic acids is 1. The van der Waals surface area contributed by atoms with Crippen LogP contribution in [0.1, 0.15) is 41.6 Å². The summed E-state index contributed by atoms with van der Waals surface area (Å²) in [7, 11) is -2.48. The number of aryl methyl sites for hydroxylation is 1. The van der Waals surface area contributed by atoms with Crippen molar-refractivity contribution < 1.29 is 17.9 Å². The fraction of sp³-hybridized carbons (Fsp3) is 0.562. The number of nitrogens with one attached hydrogen (secondary N) is 1. The minimum absolute atomic E-state index is 0.0943. The van der Waals surface area contributed by atoms with Gasteiger partial charge in [0.15, 0.2) is 0 Å². The molecule has 3 N–H and O–H groups in total. The highest BCUT2D eigenvalue weighted by molar-refractivity contribution is 7.89. The molecule has 1 saturated carbocycles. The van der Waals surface area contributed by atoms with Gasteiger partial charge in [-0.3, -0.25) is 0 Å². The lowest BCUT2D eigenvalue weighted by Gasteiger charge is -2.23. The van der Waals surface area contributed by atoms with Crippen molar-refractivity contribution in [2.75, 3.05) is 13.7 Å². The van der Waals surface area contributed by atoms with E-state index in [4.69, 9.17) is 5.73 Å². The molecule has 7 heteroatoms. The Bertz CT molecular complexity index is 667. The van der Waals surface area contributed by atoms with Gasteiger partial charge in [-0.1, -0.05) is 18.9 Å². The summed E-state index contributed by atoms with van der Waals surface area (Å²) in [5.74, 6) is -0.286. The first-order valence-corrected chi connectivity index (χ1v) is 9.28. The number of hydrogen-bond donors (Lipinski definition) is 2. The largest absolute Gasteiger partial charge is 0.465 e. The molecule has 0 aliphatic heterocycles. The van der Waals surface area contributed by atoms with Crippen molar-refractivity contribution in [2.24, 2.45) is 11.7 Å². The van der Waals surface area contributed by atoms with Crippen LogP contribution in [0.3, 0.4) is 0 Å². The van der Waals surface area contributed by atoms with Crippen LogP contribution in [0.25, 0.3) is 0 Å². The quantitative estimate of drug-likeness (QED) is 0.766. The minimum atomic E-state index is -3.74. The highest BCUT2D eigenvalue weighted by atomic mass is 32.2. The Kier molecular flexibility index (Phi) is 5.78. The molecule has 1 aromatic carbocycles. The van der Waals surface area contributed by atoms with Crippen molar-refractivity contribution in [1.29, 1.82) is 0 Å². The van der Waals surface area contributed by atoms with E-state index in [1.54, 1.807) is 19.1 Å². The van der Waals surface area contributed by atoms with Gasteiger partial charge in [0.25, 0.3) is 0 Å². The topological polar surface area (TPSA) is 98.5 Å². The Morgan fingerprint density at radius 2 is 2.04 bits per heavy atom. The number of hydrogen-bond acceptors (Lipinski definition) is 5. The first-order chi connectivity index (χ1) is 10.9. The molecular formula is C16H24N2O4S. The molecule has 1 fully saturated rings.